The summed E-state index contributed by atoms with van der Waals surface area (Å²) >= 11 is 0. The summed E-state index contributed by atoms with van der Waals surface area (Å²) in [6.45, 7) is 6.98. The number of hydrogen-bond donors (Lipinski definition) is 2. The average Bonchev–Trinajstić information content (AvgIpc) is 2.50. The fourth-order valence-electron chi connectivity index (χ4n) is 2.09. The van der Waals surface area contributed by atoms with Gasteiger partial charge in [-0.25, -0.2) is 0 Å². The standard InChI is InChI=1S/C16H23N3O3/c1-12(2)16(21)18-14-5-3-13(4-6-14)17-15(20)11-19-7-9-22-10-8-19/h3-6,12H,7-11H2,1-2H3,(H,17,20)(H,18,21). The van der Waals surface area contributed by atoms with Crippen molar-refractivity contribution in [3.63, 3.8) is 0 Å². The first-order valence-corrected chi connectivity index (χ1v) is 7.55. The fraction of sp³-hybridized carbons (Fsp3) is 0.500. The van der Waals surface area contributed by atoms with Crippen molar-refractivity contribution in [1.29, 1.82) is 0 Å². The van der Waals surface area contributed by atoms with E-state index in [1.54, 1.807) is 24.3 Å². The summed E-state index contributed by atoms with van der Waals surface area (Å²) in [6, 6.07) is 7.13. The van der Waals surface area contributed by atoms with Gasteiger partial charge in [0, 0.05) is 30.4 Å². The smallest absolute Gasteiger partial charge is 0.238 e. The monoisotopic (exact) mass is 305 g/mol. The number of morpholine rings is 1. The molecule has 6 nitrogen and oxygen atoms in total. The topological polar surface area (TPSA) is 70.7 Å². The first-order valence-electron chi connectivity index (χ1n) is 7.55. The van der Waals surface area contributed by atoms with Gasteiger partial charge in [-0.15, -0.1) is 0 Å². The number of benzene rings is 1. The molecule has 22 heavy (non-hydrogen) atoms. The number of amides is 2. The van der Waals surface area contributed by atoms with Crippen LogP contribution in [0.1, 0.15) is 13.8 Å². The largest absolute Gasteiger partial charge is 0.379 e. The maximum Gasteiger partial charge on any atom is 0.238 e. The Labute approximate surface area is 130 Å². The highest BCUT2D eigenvalue weighted by Crippen LogP contribution is 2.14. The van der Waals surface area contributed by atoms with Crippen LogP contribution >= 0.6 is 0 Å². The lowest BCUT2D eigenvalue weighted by molar-refractivity contribution is -0.119. The second kappa shape index (κ2) is 7.91. The van der Waals surface area contributed by atoms with E-state index in [9.17, 15) is 9.59 Å². The molecule has 1 heterocycles. The zero-order valence-electron chi connectivity index (χ0n) is 13.1. The summed E-state index contributed by atoms with van der Waals surface area (Å²) in [4.78, 5) is 25.6. The minimum Gasteiger partial charge on any atom is -0.379 e. The van der Waals surface area contributed by atoms with Gasteiger partial charge in [0.25, 0.3) is 0 Å². The Morgan fingerprint density at radius 2 is 1.64 bits per heavy atom. The fourth-order valence-corrected chi connectivity index (χ4v) is 2.09. The van der Waals surface area contributed by atoms with Crippen molar-refractivity contribution < 1.29 is 14.3 Å². The zero-order chi connectivity index (χ0) is 15.9. The SMILES string of the molecule is CC(C)C(=O)Nc1ccc(NC(=O)CN2CCOCC2)cc1. The van der Waals surface area contributed by atoms with Crippen molar-refractivity contribution in [2.75, 3.05) is 43.5 Å². The highest BCUT2D eigenvalue weighted by Gasteiger charge is 2.14. The van der Waals surface area contributed by atoms with E-state index >= 15 is 0 Å². The van der Waals surface area contributed by atoms with Gasteiger partial charge >= 0.3 is 0 Å². The summed E-state index contributed by atoms with van der Waals surface area (Å²) in [5.41, 5.74) is 1.45. The van der Waals surface area contributed by atoms with Crippen molar-refractivity contribution >= 4 is 23.2 Å². The molecule has 2 rings (SSSR count). The van der Waals surface area contributed by atoms with Crippen molar-refractivity contribution in [1.82, 2.24) is 4.90 Å². The lowest BCUT2D eigenvalue weighted by Crippen LogP contribution is -2.41. The van der Waals surface area contributed by atoms with Gasteiger partial charge in [-0.1, -0.05) is 13.8 Å². The third-order valence-corrected chi connectivity index (χ3v) is 3.43. The highest BCUT2D eigenvalue weighted by atomic mass is 16.5. The minimum absolute atomic E-state index is 0.0240. The molecule has 0 aliphatic carbocycles. The van der Waals surface area contributed by atoms with E-state index in [4.69, 9.17) is 4.74 Å². The third-order valence-electron chi connectivity index (χ3n) is 3.43. The number of nitrogens with one attached hydrogen (secondary N) is 2. The average molecular weight is 305 g/mol. The molecule has 0 atom stereocenters. The van der Waals surface area contributed by atoms with Gasteiger partial charge in [0.2, 0.25) is 11.8 Å². The van der Waals surface area contributed by atoms with Gasteiger partial charge in [0.05, 0.1) is 19.8 Å². The normalized spacial score (nSPS) is 15.6. The van der Waals surface area contributed by atoms with E-state index in [-0.39, 0.29) is 17.7 Å². The molecule has 1 aromatic rings. The van der Waals surface area contributed by atoms with E-state index < -0.39 is 0 Å². The molecule has 0 radical (unpaired) electrons. The van der Waals surface area contributed by atoms with Crippen LogP contribution in [0.25, 0.3) is 0 Å². The predicted octanol–water partition coefficient (Wildman–Crippen LogP) is 1.55. The second-order valence-corrected chi connectivity index (χ2v) is 5.66. The molecular weight excluding hydrogens is 282 g/mol. The van der Waals surface area contributed by atoms with E-state index in [0.29, 0.717) is 19.8 Å². The van der Waals surface area contributed by atoms with Crippen molar-refractivity contribution in [3.05, 3.63) is 24.3 Å². The Morgan fingerprint density at radius 1 is 1.09 bits per heavy atom. The van der Waals surface area contributed by atoms with Crippen LogP contribution in [0.4, 0.5) is 11.4 Å². The van der Waals surface area contributed by atoms with E-state index in [0.717, 1.165) is 24.5 Å². The number of nitrogens with zero attached hydrogens (tertiary/aromatic N) is 1. The van der Waals surface area contributed by atoms with Crippen molar-refractivity contribution in [3.8, 4) is 0 Å². The van der Waals surface area contributed by atoms with Gasteiger partial charge < -0.3 is 15.4 Å². The lowest BCUT2D eigenvalue weighted by Gasteiger charge is -2.25. The molecular formula is C16H23N3O3. The van der Waals surface area contributed by atoms with Crippen LogP contribution in [-0.4, -0.2) is 49.6 Å². The predicted molar refractivity (Wildman–Crippen MR) is 85.8 cm³/mol. The van der Waals surface area contributed by atoms with Crippen LogP contribution < -0.4 is 10.6 Å². The molecule has 0 bridgehead atoms. The van der Waals surface area contributed by atoms with Crippen LogP contribution in [0.2, 0.25) is 0 Å². The number of carbonyl (C=O) groups is 2. The lowest BCUT2D eigenvalue weighted by atomic mass is 10.2. The number of rotatable bonds is 5. The van der Waals surface area contributed by atoms with Crippen LogP contribution in [0, 0.1) is 5.92 Å². The first-order chi connectivity index (χ1) is 10.5. The van der Waals surface area contributed by atoms with Gasteiger partial charge in [0.15, 0.2) is 0 Å². The van der Waals surface area contributed by atoms with Crippen LogP contribution in [0.3, 0.4) is 0 Å². The molecule has 0 spiro atoms. The van der Waals surface area contributed by atoms with Gasteiger partial charge in [-0.3, -0.25) is 14.5 Å². The molecule has 0 aromatic heterocycles. The van der Waals surface area contributed by atoms with Crippen LogP contribution in [0.5, 0.6) is 0 Å². The minimum atomic E-state index is -0.0621. The molecule has 1 saturated heterocycles. The zero-order valence-corrected chi connectivity index (χ0v) is 13.1. The molecule has 120 valence electrons. The summed E-state index contributed by atoms with van der Waals surface area (Å²) in [5, 5.41) is 5.67. The molecule has 1 aromatic carbocycles. The van der Waals surface area contributed by atoms with Crippen LogP contribution in [0.15, 0.2) is 24.3 Å². The second-order valence-electron chi connectivity index (χ2n) is 5.66. The van der Waals surface area contributed by atoms with E-state index in [2.05, 4.69) is 15.5 Å². The number of ether oxygens (including phenoxy) is 1. The highest BCUT2D eigenvalue weighted by molar-refractivity contribution is 5.94. The Hall–Kier alpha value is -1.92. The molecule has 1 aliphatic heterocycles. The summed E-state index contributed by atoms with van der Waals surface area (Å²) < 4.78 is 5.25. The molecule has 0 saturated carbocycles. The molecule has 0 unspecified atom stereocenters. The Morgan fingerprint density at radius 3 is 2.18 bits per heavy atom. The Kier molecular flexibility index (Phi) is 5.91. The van der Waals surface area contributed by atoms with Gasteiger partial charge in [-0.05, 0) is 24.3 Å². The molecule has 2 N–H and O–H groups in total. The third kappa shape index (κ3) is 5.13. The Bertz CT molecular complexity index is 508. The summed E-state index contributed by atoms with van der Waals surface area (Å²) in [6.07, 6.45) is 0. The summed E-state index contributed by atoms with van der Waals surface area (Å²) in [5.74, 6) is -0.127. The number of carbonyl (C=O) groups excluding carboxylic acids is 2. The Balaban J connectivity index is 1.82. The van der Waals surface area contributed by atoms with E-state index in [1.807, 2.05) is 13.8 Å². The summed E-state index contributed by atoms with van der Waals surface area (Å²) in [7, 11) is 0. The quantitative estimate of drug-likeness (QED) is 0.866. The van der Waals surface area contributed by atoms with Gasteiger partial charge in [-0.2, -0.15) is 0 Å². The maximum absolute atomic E-state index is 12.0. The van der Waals surface area contributed by atoms with Crippen molar-refractivity contribution in [2.24, 2.45) is 5.92 Å². The van der Waals surface area contributed by atoms with Gasteiger partial charge in [0.1, 0.15) is 0 Å². The molecule has 1 aliphatic rings. The maximum atomic E-state index is 12.0. The molecule has 2 amide bonds. The first kappa shape index (κ1) is 16.5. The molecule has 6 heteroatoms. The number of hydrogen-bond acceptors (Lipinski definition) is 4. The number of anilines is 2. The van der Waals surface area contributed by atoms with Crippen molar-refractivity contribution in [2.45, 2.75) is 13.8 Å². The van der Waals surface area contributed by atoms with E-state index in [1.165, 1.54) is 0 Å². The molecule has 1 fully saturated rings. The van der Waals surface area contributed by atoms with Crippen LogP contribution in [-0.2, 0) is 14.3 Å².